The molecule has 122 valence electrons. The molecule has 5 heteroatoms. The van der Waals surface area contributed by atoms with Crippen molar-refractivity contribution in [2.45, 2.75) is 57.8 Å². The third-order valence-corrected chi connectivity index (χ3v) is 3.28. The maximum Gasteiger partial charge on any atom is 0.352 e. The number of benzene rings is 1. The van der Waals surface area contributed by atoms with Crippen molar-refractivity contribution in [3.05, 3.63) is 35.9 Å². The van der Waals surface area contributed by atoms with Gasteiger partial charge in [-0.05, 0) is 39.7 Å². The fraction of sp³-hybridized carbons (Fsp3) is 0.529. The van der Waals surface area contributed by atoms with E-state index in [2.05, 4.69) is 0 Å². The normalized spacial score (nSPS) is 15.7. The number of nitrogens with one attached hydrogen (secondary N) is 1. The molecule has 0 aliphatic heterocycles. The Kier molecular flexibility index (Phi) is 5.85. The van der Waals surface area contributed by atoms with E-state index in [9.17, 15) is 9.90 Å². The number of hydrogen-bond donors (Lipinski definition) is 3. The highest BCUT2D eigenvalue weighted by atomic mass is 16.6. The smallest absolute Gasteiger partial charge is 0.352 e. The third kappa shape index (κ3) is 5.95. The molecule has 0 bridgehead atoms. The van der Waals surface area contributed by atoms with Gasteiger partial charge in [0.05, 0.1) is 5.60 Å². The first-order valence-corrected chi connectivity index (χ1v) is 7.34. The zero-order chi connectivity index (χ0) is 17.0. The van der Waals surface area contributed by atoms with Crippen LogP contribution in [0.5, 0.6) is 0 Å². The first-order chi connectivity index (χ1) is 10.0. The van der Waals surface area contributed by atoms with Crippen LogP contribution < -0.4 is 5.73 Å². The number of aliphatic hydroxyl groups is 1. The summed E-state index contributed by atoms with van der Waals surface area (Å²) < 4.78 is 5.13. The van der Waals surface area contributed by atoms with Gasteiger partial charge in [-0.3, -0.25) is 5.41 Å². The summed E-state index contributed by atoms with van der Waals surface area (Å²) >= 11 is 0. The van der Waals surface area contributed by atoms with Crippen molar-refractivity contribution in [3.8, 4) is 0 Å². The molecule has 1 aromatic carbocycles. The molecular weight excluding hydrogens is 280 g/mol. The van der Waals surface area contributed by atoms with E-state index in [0.717, 1.165) is 5.56 Å². The minimum absolute atomic E-state index is 0.143. The second-order valence-electron chi connectivity index (χ2n) is 6.81. The fourth-order valence-corrected chi connectivity index (χ4v) is 1.99. The van der Waals surface area contributed by atoms with Gasteiger partial charge in [0.25, 0.3) is 0 Å². The van der Waals surface area contributed by atoms with Gasteiger partial charge < -0.3 is 15.6 Å². The molecule has 0 saturated heterocycles. The van der Waals surface area contributed by atoms with Crippen molar-refractivity contribution in [2.75, 3.05) is 0 Å². The zero-order valence-electron chi connectivity index (χ0n) is 13.7. The molecule has 5 nitrogen and oxygen atoms in total. The van der Waals surface area contributed by atoms with Crippen LogP contribution in [0.1, 0.15) is 39.7 Å². The van der Waals surface area contributed by atoms with Gasteiger partial charge in [-0.25, -0.2) is 4.79 Å². The summed E-state index contributed by atoms with van der Waals surface area (Å²) in [6.45, 7) is 6.74. The quantitative estimate of drug-likeness (QED) is 0.553. The number of hydrogen-bond acceptors (Lipinski definition) is 5. The highest BCUT2D eigenvalue weighted by Gasteiger charge is 2.33. The van der Waals surface area contributed by atoms with Gasteiger partial charge in [0.1, 0.15) is 11.3 Å². The molecule has 0 fully saturated rings. The van der Waals surface area contributed by atoms with Crippen molar-refractivity contribution in [1.29, 1.82) is 5.41 Å². The van der Waals surface area contributed by atoms with Gasteiger partial charge in [0.2, 0.25) is 0 Å². The lowest BCUT2D eigenvalue weighted by Gasteiger charge is -2.30. The average molecular weight is 306 g/mol. The lowest BCUT2D eigenvalue weighted by atomic mass is 9.87. The highest BCUT2D eigenvalue weighted by Crippen LogP contribution is 2.19. The van der Waals surface area contributed by atoms with Crippen molar-refractivity contribution in [1.82, 2.24) is 0 Å². The van der Waals surface area contributed by atoms with Gasteiger partial charge in [-0.2, -0.15) is 0 Å². The fourth-order valence-electron chi connectivity index (χ4n) is 1.99. The van der Waals surface area contributed by atoms with E-state index in [-0.39, 0.29) is 12.1 Å². The van der Waals surface area contributed by atoms with Crippen molar-refractivity contribution in [3.63, 3.8) is 0 Å². The van der Waals surface area contributed by atoms with Crippen LogP contribution in [0, 0.1) is 5.41 Å². The number of carbonyl (C=O) groups is 1. The highest BCUT2D eigenvalue weighted by molar-refractivity contribution is 6.35. The summed E-state index contributed by atoms with van der Waals surface area (Å²) in [5.74, 6) is -0.723. The van der Waals surface area contributed by atoms with Crippen molar-refractivity contribution >= 4 is 11.7 Å². The van der Waals surface area contributed by atoms with E-state index < -0.39 is 23.2 Å². The van der Waals surface area contributed by atoms with Crippen LogP contribution >= 0.6 is 0 Å². The van der Waals surface area contributed by atoms with Crippen LogP contribution in [0.2, 0.25) is 0 Å². The average Bonchev–Trinajstić information content (AvgIpc) is 2.37. The summed E-state index contributed by atoms with van der Waals surface area (Å²) in [6, 6.07) is 8.98. The summed E-state index contributed by atoms with van der Waals surface area (Å²) in [5, 5.41) is 18.3. The molecule has 0 amide bonds. The summed E-state index contributed by atoms with van der Waals surface area (Å²) in [4.78, 5) is 11.8. The van der Waals surface area contributed by atoms with Crippen LogP contribution in [0.15, 0.2) is 30.3 Å². The Morgan fingerprint density at radius 1 is 1.27 bits per heavy atom. The number of esters is 1. The van der Waals surface area contributed by atoms with Crippen LogP contribution in [0.3, 0.4) is 0 Å². The second-order valence-corrected chi connectivity index (χ2v) is 6.81. The minimum Gasteiger partial charge on any atom is -0.456 e. The molecule has 1 rings (SSSR count). The Hall–Kier alpha value is -1.72. The predicted octanol–water partition coefficient (Wildman–Crippen LogP) is 2.06. The summed E-state index contributed by atoms with van der Waals surface area (Å²) in [7, 11) is 0. The number of ether oxygens (including phenoxy) is 1. The van der Waals surface area contributed by atoms with Crippen LogP contribution in [-0.4, -0.2) is 34.0 Å². The molecule has 0 spiro atoms. The standard InChI is InChI=1S/C17H26N2O3/c1-16(2,3)22-15(20)13(18)11-17(4,21)14(19)10-12-8-6-5-7-9-12/h5-9,14,18,21H,10-11,19H2,1-4H3. The number of nitrogens with two attached hydrogens (primary N) is 1. The van der Waals surface area contributed by atoms with Gasteiger partial charge in [-0.15, -0.1) is 0 Å². The Labute approximate surface area is 132 Å². The Bertz CT molecular complexity index is 518. The third-order valence-electron chi connectivity index (χ3n) is 3.28. The first kappa shape index (κ1) is 18.3. The molecule has 0 saturated carbocycles. The lowest BCUT2D eigenvalue weighted by Crippen LogP contribution is -2.49. The molecule has 0 aliphatic rings. The minimum atomic E-state index is -1.36. The summed E-state index contributed by atoms with van der Waals surface area (Å²) in [6.07, 6.45) is 0.325. The Morgan fingerprint density at radius 3 is 2.32 bits per heavy atom. The van der Waals surface area contributed by atoms with Gasteiger partial charge in [0, 0.05) is 12.5 Å². The maximum atomic E-state index is 11.8. The van der Waals surface area contributed by atoms with Crippen molar-refractivity contribution in [2.24, 2.45) is 5.73 Å². The molecular formula is C17H26N2O3. The first-order valence-electron chi connectivity index (χ1n) is 7.34. The molecule has 1 aromatic rings. The van der Waals surface area contributed by atoms with Gasteiger partial charge in [-0.1, -0.05) is 30.3 Å². The Morgan fingerprint density at radius 2 is 1.82 bits per heavy atom. The molecule has 0 aliphatic carbocycles. The van der Waals surface area contributed by atoms with Crippen LogP contribution in [0.4, 0.5) is 0 Å². The topological polar surface area (TPSA) is 96.4 Å². The lowest BCUT2D eigenvalue weighted by molar-refractivity contribution is -0.146. The number of carbonyl (C=O) groups excluding carboxylic acids is 1. The largest absolute Gasteiger partial charge is 0.456 e. The van der Waals surface area contributed by atoms with E-state index >= 15 is 0 Å². The van der Waals surface area contributed by atoms with Crippen molar-refractivity contribution < 1.29 is 14.6 Å². The van der Waals surface area contributed by atoms with E-state index in [1.54, 1.807) is 27.7 Å². The van der Waals surface area contributed by atoms with E-state index in [1.807, 2.05) is 30.3 Å². The van der Waals surface area contributed by atoms with Crippen LogP contribution in [-0.2, 0) is 16.0 Å². The molecule has 2 unspecified atom stereocenters. The molecule has 0 heterocycles. The second kappa shape index (κ2) is 7.03. The molecule has 4 N–H and O–H groups in total. The zero-order valence-corrected chi connectivity index (χ0v) is 13.7. The Balaban J connectivity index is 2.65. The summed E-state index contributed by atoms with van der Waals surface area (Å²) in [5.41, 5.74) is 4.76. The van der Waals surface area contributed by atoms with Gasteiger partial charge in [0.15, 0.2) is 0 Å². The predicted molar refractivity (Wildman–Crippen MR) is 86.9 cm³/mol. The maximum absolute atomic E-state index is 11.8. The molecule has 0 aromatic heterocycles. The molecule has 22 heavy (non-hydrogen) atoms. The van der Waals surface area contributed by atoms with E-state index in [1.165, 1.54) is 0 Å². The van der Waals surface area contributed by atoms with E-state index in [4.69, 9.17) is 15.9 Å². The van der Waals surface area contributed by atoms with Crippen LogP contribution in [0.25, 0.3) is 0 Å². The number of rotatable bonds is 6. The molecule has 0 radical (unpaired) electrons. The van der Waals surface area contributed by atoms with E-state index in [0.29, 0.717) is 6.42 Å². The molecule has 2 atom stereocenters. The SMILES string of the molecule is CC(C)(C)OC(=O)C(=N)CC(C)(O)C(N)Cc1ccccc1. The van der Waals surface area contributed by atoms with Gasteiger partial charge >= 0.3 is 5.97 Å². The monoisotopic (exact) mass is 306 g/mol.